The molecule has 0 spiro atoms. The Morgan fingerprint density at radius 3 is 1.46 bits per heavy atom. The lowest BCUT2D eigenvalue weighted by Crippen LogP contribution is -2.60. The number of imide groups is 1. The van der Waals surface area contributed by atoms with E-state index >= 15 is 0 Å². The zero-order chi connectivity index (χ0) is 49.1. The molecule has 2 aliphatic rings. The minimum atomic E-state index is -0.722. The summed E-state index contributed by atoms with van der Waals surface area (Å²) in [5.74, 6) is -0.931. The topological polar surface area (TPSA) is 151 Å². The Bertz CT molecular complexity index is 1660. The molecule has 2 saturated heterocycles. The van der Waals surface area contributed by atoms with Gasteiger partial charge in [-0.05, 0) is 126 Å². The fraction of sp³-hybridized carbons (Fsp3) is 0.673. The fourth-order valence-electron chi connectivity index (χ4n) is 6.24. The van der Waals surface area contributed by atoms with Gasteiger partial charge in [-0.3, -0.25) is 33.8 Å². The maximum Gasteiger partial charge on any atom is 0.311 e. The molecule has 0 aliphatic carbocycles. The van der Waals surface area contributed by atoms with E-state index in [9.17, 15) is 24.0 Å². The van der Waals surface area contributed by atoms with Crippen LogP contribution in [0.15, 0.2) is 60.7 Å². The molecule has 358 valence electrons. The number of aliphatic hydroxyl groups is 1. The number of carbonyl (C=O) groups excluding carboxylic acids is 4. The van der Waals surface area contributed by atoms with E-state index in [-0.39, 0.29) is 71.4 Å². The number of carboxylic acids is 1. The van der Waals surface area contributed by atoms with Crippen molar-refractivity contribution in [2.45, 2.75) is 179 Å². The average Bonchev–Trinajstić information content (AvgIpc) is 3.43. The third-order valence-corrected chi connectivity index (χ3v) is 13.2. The molecular weight excluding hydrogens is 797 g/mol. The van der Waals surface area contributed by atoms with Gasteiger partial charge in [0.2, 0.25) is 11.8 Å². The Balaban J connectivity index is 0.000000790. The number of carbonyl (C=O) groups is 5. The standard InChI is InChI=1S/C16H31NO2.C12H13NO2.C10H14.C8H16O3.C6H12O2/c1-9-14(2,3)13(18)19-12-10-15(4,5)17(8)16(6,7)11-12;1-8-9(2)12(15)13(11(8)14)10-6-4-3-5-7-10;1-3-9(2)10-7-5-4-6-8-10;1-4-8(2,3)7(10)11-6-5-9;1-4-6(2,3)5(7)8/h12H,9-11H2,1-8H3;3-9H,1-2H3;4-9H,3H2,1-2H3;9H,4-6H2,1-3H3;4H2,1-3H3,(H,7,8). The highest BCUT2D eigenvalue weighted by Gasteiger charge is 2.45. The first kappa shape index (κ1) is 58.9. The van der Waals surface area contributed by atoms with E-state index in [1.165, 1.54) is 16.9 Å². The van der Waals surface area contributed by atoms with Gasteiger partial charge in [0.1, 0.15) is 12.7 Å². The minimum absolute atomic E-state index is 0.0273. The number of piperidine rings is 1. The van der Waals surface area contributed by atoms with Gasteiger partial charge in [-0.25, -0.2) is 0 Å². The second-order valence-electron chi connectivity index (χ2n) is 20.1. The molecule has 11 nitrogen and oxygen atoms in total. The van der Waals surface area contributed by atoms with Crippen LogP contribution in [0.4, 0.5) is 5.69 Å². The second-order valence-corrected chi connectivity index (χ2v) is 20.1. The van der Waals surface area contributed by atoms with Crippen molar-refractivity contribution in [2.75, 3.05) is 25.2 Å². The number of benzene rings is 2. The van der Waals surface area contributed by atoms with Crippen LogP contribution >= 0.6 is 0 Å². The van der Waals surface area contributed by atoms with Crippen LogP contribution in [0.5, 0.6) is 0 Å². The van der Waals surface area contributed by atoms with E-state index in [2.05, 4.69) is 83.8 Å². The minimum Gasteiger partial charge on any atom is -0.481 e. The Labute approximate surface area is 381 Å². The van der Waals surface area contributed by atoms with Crippen LogP contribution in [0.1, 0.15) is 168 Å². The van der Waals surface area contributed by atoms with Gasteiger partial charge in [-0.1, -0.05) is 97.0 Å². The third-order valence-electron chi connectivity index (χ3n) is 13.2. The summed E-state index contributed by atoms with van der Waals surface area (Å²) in [4.78, 5) is 61.0. The highest BCUT2D eigenvalue weighted by Crippen LogP contribution is 2.39. The predicted molar refractivity (Wildman–Crippen MR) is 255 cm³/mol. The van der Waals surface area contributed by atoms with Gasteiger partial charge in [0.25, 0.3) is 0 Å². The summed E-state index contributed by atoms with van der Waals surface area (Å²) in [5, 5.41) is 16.8. The number of nitrogens with zero attached hydrogens (tertiary/aromatic N) is 2. The zero-order valence-electron chi connectivity index (χ0n) is 42.4. The molecule has 2 aliphatic heterocycles. The van der Waals surface area contributed by atoms with Gasteiger partial charge in [0, 0.05) is 35.8 Å². The lowest BCUT2D eigenvalue weighted by Gasteiger charge is -2.53. The average molecular weight is 883 g/mol. The smallest absolute Gasteiger partial charge is 0.311 e. The van der Waals surface area contributed by atoms with Crippen molar-refractivity contribution in [3.63, 3.8) is 0 Å². The largest absolute Gasteiger partial charge is 0.481 e. The van der Waals surface area contributed by atoms with Crippen LogP contribution in [0.3, 0.4) is 0 Å². The number of amides is 2. The summed E-state index contributed by atoms with van der Waals surface area (Å²) in [6, 6.07) is 19.7. The number of anilines is 1. The van der Waals surface area contributed by atoms with Crippen LogP contribution < -0.4 is 4.90 Å². The lowest BCUT2D eigenvalue weighted by atomic mass is 9.78. The van der Waals surface area contributed by atoms with E-state index < -0.39 is 16.8 Å². The number of aliphatic carboxylic acids is 1. The molecule has 2 aromatic rings. The molecule has 3 unspecified atom stereocenters. The first-order chi connectivity index (χ1) is 28.9. The van der Waals surface area contributed by atoms with Crippen molar-refractivity contribution < 1.29 is 43.7 Å². The molecule has 2 fully saturated rings. The van der Waals surface area contributed by atoms with Crippen LogP contribution in [0, 0.1) is 28.1 Å². The number of carboxylic acid groups (broad SMARTS) is 1. The number of ether oxygens (including phenoxy) is 2. The van der Waals surface area contributed by atoms with Gasteiger partial charge >= 0.3 is 17.9 Å². The number of para-hydroxylation sites is 1. The van der Waals surface area contributed by atoms with Crippen LogP contribution in [0.2, 0.25) is 0 Å². The summed E-state index contributed by atoms with van der Waals surface area (Å²) >= 11 is 0. The number of rotatable bonds is 12. The van der Waals surface area contributed by atoms with Gasteiger partial charge in [-0.15, -0.1) is 0 Å². The molecule has 0 radical (unpaired) electrons. The second kappa shape index (κ2) is 26.0. The summed E-state index contributed by atoms with van der Waals surface area (Å²) in [6.45, 7) is 33.8. The highest BCUT2D eigenvalue weighted by molar-refractivity contribution is 6.21. The molecule has 2 amide bonds. The lowest BCUT2D eigenvalue weighted by molar-refractivity contribution is -0.169. The molecule has 2 aromatic carbocycles. The van der Waals surface area contributed by atoms with Crippen molar-refractivity contribution in [3.05, 3.63) is 66.2 Å². The van der Waals surface area contributed by atoms with E-state index in [0.717, 1.165) is 25.7 Å². The van der Waals surface area contributed by atoms with Crippen molar-refractivity contribution in [2.24, 2.45) is 28.1 Å². The number of likely N-dealkylation sites (tertiary alicyclic amines) is 1. The first-order valence-electron chi connectivity index (χ1n) is 22.9. The Hall–Kier alpha value is -4.09. The molecule has 0 bridgehead atoms. The van der Waals surface area contributed by atoms with Gasteiger partial charge in [0.05, 0.1) is 28.5 Å². The molecule has 0 aromatic heterocycles. The summed E-state index contributed by atoms with van der Waals surface area (Å²) in [7, 11) is 2.16. The highest BCUT2D eigenvalue weighted by atomic mass is 16.5. The molecule has 63 heavy (non-hydrogen) atoms. The van der Waals surface area contributed by atoms with Crippen molar-refractivity contribution in [1.29, 1.82) is 0 Å². The summed E-state index contributed by atoms with van der Waals surface area (Å²) in [6.07, 6.45) is 5.30. The van der Waals surface area contributed by atoms with Crippen LogP contribution in [-0.4, -0.2) is 82.3 Å². The number of aliphatic hydroxyl groups excluding tert-OH is 1. The SMILES string of the molecule is CC1C(=O)N(c2ccccc2)C(=O)C1C.CCC(C)(C)C(=O)O.CCC(C)(C)C(=O)OC1CC(C)(C)N(C)C(C)(C)C1.CCC(C)(C)C(=O)OCCO.CCC(C)c1ccccc1. The van der Waals surface area contributed by atoms with Gasteiger partial charge < -0.3 is 19.7 Å². The first-order valence-corrected chi connectivity index (χ1v) is 22.9. The summed E-state index contributed by atoms with van der Waals surface area (Å²) in [5.41, 5.74) is 0.896. The molecular formula is C52H86N2O9. The number of hydrogen-bond acceptors (Lipinski definition) is 9. The maximum atomic E-state index is 12.2. The van der Waals surface area contributed by atoms with Gasteiger partial charge in [0.15, 0.2) is 0 Å². The van der Waals surface area contributed by atoms with E-state index in [4.69, 9.17) is 19.7 Å². The van der Waals surface area contributed by atoms with Crippen molar-refractivity contribution in [3.8, 4) is 0 Å². The number of esters is 2. The molecule has 2 heterocycles. The zero-order valence-corrected chi connectivity index (χ0v) is 42.4. The Morgan fingerprint density at radius 2 is 1.11 bits per heavy atom. The maximum absolute atomic E-state index is 12.2. The fourth-order valence-corrected chi connectivity index (χ4v) is 6.24. The van der Waals surface area contributed by atoms with E-state index in [1.54, 1.807) is 39.8 Å². The quantitative estimate of drug-likeness (QED) is 0.156. The monoisotopic (exact) mass is 883 g/mol. The molecule has 0 saturated carbocycles. The van der Waals surface area contributed by atoms with Crippen molar-refractivity contribution in [1.82, 2.24) is 4.90 Å². The predicted octanol–water partition coefficient (Wildman–Crippen LogP) is 11.1. The Morgan fingerprint density at radius 1 is 0.714 bits per heavy atom. The molecule has 4 rings (SSSR count). The van der Waals surface area contributed by atoms with Gasteiger partial charge in [-0.2, -0.15) is 0 Å². The molecule has 3 atom stereocenters. The van der Waals surface area contributed by atoms with E-state index in [0.29, 0.717) is 18.0 Å². The summed E-state index contributed by atoms with van der Waals surface area (Å²) < 4.78 is 10.6. The van der Waals surface area contributed by atoms with Crippen LogP contribution in [0.25, 0.3) is 0 Å². The Kier molecular flexibility index (Phi) is 24.3. The van der Waals surface area contributed by atoms with E-state index in [1.807, 2.05) is 66.7 Å². The third kappa shape index (κ3) is 18.5. The molecule has 2 N–H and O–H groups in total. The molecule has 11 heteroatoms. The van der Waals surface area contributed by atoms with Crippen molar-refractivity contribution >= 4 is 35.4 Å². The number of hydrogen-bond donors (Lipinski definition) is 2. The normalized spacial score (nSPS) is 19.0. The van der Waals surface area contributed by atoms with Crippen LogP contribution in [-0.2, 0) is 33.4 Å².